The molecule has 1 saturated heterocycles. The Bertz CT molecular complexity index is 567. The van der Waals surface area contributed by atoms with E-state index in [0.717, 1.165) is 25.7 Å². The topological polar surface area (TPSA) is 92.5 Å². The molecule has 4 saturated carbocycles. The maximum absolute atomic E-state index is 13.5. The Hall–Kier alpha value is -1.59. The quantitative estimate of drug-likeness (QED) is 0.800. The van der Waals surface area contributed by atoms with Crippen LogP contribution in [0.25, 0.3) is 0 Å². The lowest BCUT2D eigenvalue weighted by Crippen LogP contribution is -2.58. The van der Waals surface area contributed by atoms with Crippen molar-refractivity contribution in [1.82, 2.24) is 10.2 Å². The minimum Gasteiger partial charge on any atom is -0.368 e. The molecule has 5 fully saturated rings. The van der Waals surface area contributed by atoms with Crippen molar-refractivity contribution in [2.75, 3.05) is 6.54 Å². The van der Waals surface area contributed by atoms with Gasteiger partial charge in [-0.15, -0.1) is 0 Å². The molecule has 1 aliphatic heterocycles. The molecule has 0 aromatic carbocycles. The Balaban J connectivity index is 1.49. The lowest BCUT2D eigenvalue weighted by Gasteiger charge is -2.56. The van der Waals surface area contributed by atoms with E-state index in [1.165, 1.54) is 19.3 Å². The molecule has 0 spiro atoms. The molecule has 3 amide bonds. The summed E-state index contributed by atoms with van der Waals surface area (Å²) in [6.45, 7) is 2.24. The van der Waals surface area contributed by atoms with Gasteiger partial charge in [0.25, 0.3) is 0 Å². The molecule has 3 N–H and O–H groups in total. The minimum atomic E-state index is -0.704. The zero-order chi connectivity index (χ0) is 17.8. The first-order valence-electron chi connectivity index (χ1n) is 9.79. The minimum absolute atomic E-state index is 0.205. The molecule has 1 heterocycles. The second-order valence-electron chi connectivity index (χ2n) is 8.99. The molecule has 5 rings (SSSR count). The third kappa shape index (κ3) is 2.83. The first-order valence-corrected chi connectivity index (χ1v) is 9.79. The number of carbonyl (C=O) groups is 3. The van der Waals surface area contributed by atoms with Gasteiger partial charge in [0.2, 0.25) is 17.7 Å². The molecule has 0 aromatic heterocycles. The van der Waals surface area contributed by atoms with Gasteiger partial charge in [-0.3, -0.25) is 14.4 Å². The van der Waals surface area contributed by atoms with Crippen molar-refractivity contribution in [3.05, 3.63) is 0 Å². The van der Waals surface area contributed by atoms with Gasteiger partial charge in [-0.05, 0) is 76.0 Å². The number of likely N-dealkylation sites (tertiary alicyclic amines) is 1. The third-order valence-electron chi connectivity index (χ3n) is 7.09. The summed E-state index contributed by atoms with van der Waals surface area (Å²) in [6.07, 6.45) is 8.46. The van der Waals surface area contributed by atoms with Crippen LogP contribution in [0.2, 0.25) is 0 Å². The fourth-order valence-electron chi connectivity index (χ4n) is 6.34. The van der Waals surface area contributed by atoms with Crippen molar-refractivity contribution >= 4 is 17.7 Å². The van der Waals surface area contributed by atoms with E-state index in [2.05, 4.69) is 5.32 Å². The van der Waals surface area contributed by atoms with Gasteiger partial charge in [-0.1, -0.05) is 0 Å². The number of nitrogens with zero attached hydrogens (tertiary/aromatic N) is 1. The van der Waals surface area contributed by atoms with E-state index in [4.69, 9.17) is 5.73 Å². The second-order valence-corrected chi connectivity index (χ2v) is 8.99. The van der Waals surface area contributed by atoms with Crippen molar-refractivity contribution in [3.8, 4) is 0 Å². The fourth-order valence-corrected chi connectivity index (χ4v) is 6.34. The number of nitrogens with two attached hydrogens (primary N) is 1. The van der Waals surface area contributed by atoms with Gasteiger partial charge < -0.3 is 16.0 Å². The molecule has 0 radical (unpaired) electrons. The number of hydrogen-bond acceptors (Lipinski definition) is 3. The van der Waals surface area contributed by atoms with Crippen LogP contribution >= 0.6 is 0 Å². The first kappa shape index (κ1) is 16.9. The van der Waals surface area contributed by atoms with Gasteiger partial charge in [0.05, 0.1) is 5.41 Å². The van der Waals surface area contributed by atoms with E-state index < -0.39 is 18.0 Å². The van der Waals surface area contributed by atoms with Crippen LogP contribution in [0.15, 0.2) is 0 Å². The van der Waals surface area contributed by atoms with Crippen molar-refractivity contribution in [1.29, 1.82) is 0 Å². The summed E-state index contributed by atoms with van der Waals surface area (Å²) >= 11 is 0. The van der Waals surface area contributed by atoms with Gasteiger partial charge in [0, 0.05) is 6.54 Å². The maximum atomic E-state index is 13.5. The second kappa shape index (κ2) is 5.99. The number of rotatable bonds is 4. The number of amides is 3. The Morgan fingerprint density at radius 3 is 2.16 bits per heavy atom. The Labute approximate surface area is 148 Å². The van der Waals surface area contributed by atoms with Gasteiger partial charge in [0.15, 0.2) is 0 Å². The van der Waals surface area contributed by atoms with Crippen LogP contribution < -0.4 is 11.1 Å². The van der Waals surface area contributed by atoms with Gasteiger partial charge in [0.1, 0.15) is 12.1 Å². The highest BCUT2D eigenvalue weighted by molar-refractivity contribution is 5.93. The fraction of sp³-hybridized carbons (Fsp3) is 0.842. The molecule has 138 valence electrons. The summed E-state index contributed by atoms with van der Waals surface area (Å²) in [7, 11) is 0. The van der Waals surface area contributed by atoms with Crippen LogP contribution in [-0.4, -0.2) is 41.2 Å². The lowest BCUT2D eigenvalue weighted by molar-refractivity contribution is -0.160. The number of nitrogens with one attached hydrogen (secondary N) is 1. The van der Waals surface area contributed by atoms with Crippen LogP contribution in [-0.2, 0) is 14.4 Å². The van der Waals surface area contributed by atoms with E-state index in [1.807, 2.05) is 4.90 Å². The summed E-state index contributed by atoms with van der Waals surface area (Å²) in [5.41, 5.74) is 5.03. The summed E-state index contributed by atoms with van der Waals surface area (Å²) in [6, 6.07) is -1.15. The predicted octanol–water partition coefficient (Wildman–Crippen LogP) is 1.18. The van der Waals surface area contributed by atoms with Crippen LogP contribution in [0.3, 0.4) is 0 Å². The zero-order valence-electron chi connectivity index (χ0n) is 15.0. The monoisotopic (exact) mass is 347 g/mol. The molecule has 6 nitrogen and oxygen atoms in total. The lowest BCUT2D eigenvalue weighted by atomic mass is 9.49. The van der Waals surface area contributed by atoms with Crippen molar-refractivity contribution < 1.29 is 14.4 Å². The van der Waals surface area contributed by atoms with E-state index in [1.54, 1.807) is 6.92 Å². The molecule has 4 aliphatic carbocycles. The van der Waals surface area contributed by atoms with E-state index in [9.17, 15) is 14.4 Å². The zero-order valence-corrected chi connectivity index (χ0v) is 15.0. The van der Waals surface area contributed by atoms with Crippen LogP contribution in [0.1, 0.15) is 58.3 Å². The van der Waals surface area contributed by atoms with E-state index >= 15 is 0 Å². The van der Waals surface area contributed by atoms with E-state index in [-0.39, 0.29) is 17.2 Å². The largest absolute Gasteiger partial charge is 0.368 e. The molecule has 5 aliphatic rings. The summed E-state index contributed by atoms with van der Waals surface area (Å²) < 4.78 is 0. The van der Waals surface area contributed by atoms with Crippen LogP contribution in [0.5, 0.6) is 0 Å². The average Bonchev–Trinajstić information content (AvgIpc) is 3.02. The standard InChI is InChI=1S/C19H29N3O3/c1-11(16(20)23)21-17(24)15-3-2-4-22(15)18(25)19-8-12-5-13(9-19)7-14(6-12)10-19/h11-15H,2-10H2,1H3,(H2,20,23)(H,21,24). The Morgan fingerprint density at radius 1 is 1.08 bits per heavy atom. The summed E-state index contributed by atoms with van der Waals surface area (Å²) in [5.74, 6) is 1.54. The highest BCUT2D eigenvalue weighted by Gasteiger charge is 2.56. The van der Waals surface area contributed by atoms with Crippen LogP contribution in [0, 0.1) is 23.2 Å². The summed E-state index contributed by atoms with van der Waals surface area (Å²) in [4.78, 5) is 39.1. The predicted molar refractivity (Wildman–Crippen MR) is 92.1 cm³/mol. The number of primary amides is 1. The Kier molecular flexibility index (Phi) is 4.04. The van der Waals surface area contributed by atoms with E-state index in [0.29, 0.717) is 30.7 Å². The SMILES string of the molecule is CC(NC(=O)C1CCCN1C(=O)C12CC3CC(CC(C3)C1)C2)C(N)=O. The van der Waals surface area contributed by atoms with Crippen molar-refractivity contribution in [2.24, 2.45) is 28.9 Å². The van der Waals surface area contributed by atoms with Gasteiger partial charge in [-0.2, -0.15) is 0 Å². The highest BCUT2D eigenvalue weighted by atomic mass is 16.2. The number of carbonyl (C=O) groups excluding carboxylic acids is 3. The molecule has 25 heavy (non-hydrogen) atoms. The number of hydrogen-bond donors (Lipinski definition) is 2. The van der Waals surface area contributed by atoms with Gasteiger partial charge in [-0.25, -0.2) is 0 Å². The average molecular weight is 347 g/mol. The molecule has 4 bridgehead atoms. The molecular formula is C19H29N3O3. The first-order chi connectivity index (χ1) is 11.9. The molecule has 0 aromatic rings. The smallest absolute Gasteiger partial charge is 0.243 e. The maximum Gasteiger partial charge on any atom is 0.243 e. The van der Waals surface area contributed by atoms with Crippen LogP contribution in [0.4, 0.5) is 0 Å². The third-order valence-corrected chi connectivity index (χ3v) is 7.09. The summed E-state index contributed by atoms with van der Waals surface area (Å²) in [5, 5.41) is 2.67. The van der Waals surface area contributed by atoms with Crippen molar-refractivity contribution in [3.63, 3.8) is 0 Å². The Morgan fingerprint density at radius 2 is 1.64 bits per heavy atom. The van der Waals surface area contributed by atoms with Crippen molar-refractivity contribution in [2.45, 2.75) is 70.4 Å². The molecule has 6 heteroatoms. The highest BCUT2D eigenvalue weighted by Crippen LogP contribution is 2.60. The van der Waals surface area contributed by atoms with Gasteiger partial charge >= 0.3 is 0 Å². The molecule has 2 atom stereocenters. The molecular weight excluding hydrogens is 318 g/mol. The molecule has 2 unspecified atom stereocenters. The normalized spacial score (nSPS) is 40.1.